The molecule has 0 bridgehead atoms. The molecule has 1 fully saturated rings. The van der Waals surface area contributed by atoms with Crippen LogP contribution < -0.4 is 4.74 Å². The molecule has 2 rings (SSSR count). The number of aliphatic hydroxyl groups is 1. The van der Waals surface area contributed by atoms with Crippen molar-refractivity contribution >= 4 is 0 Å². The van der Waals surface area contributed by atoms with E-state index in [1.54, 1.807) is 12.1 Å². The highest BCUT2D eigenvalue weighted by molar-refractivity contribution is 5.36. The lowest BCUT2D eigenvalue weighted by molar-refractivity contribution is 0.136. The molecule has 0 amide bonds. The minimum atomic E-state index is -0.831. The number of rotatable bonds is 5. The summed E-state index contributed by atoms with van der Waals surface area (Å²) in [6, 6.07) is 4.64. The monoisotopic (exact) mass is 296 g/mol. The maximum atomic E-state index is 13.9. The van der Waals surface area contributed by atoms with Crippen molar-refractivity contribution in [2.75, 3.05) is 46.9 Å². The van der Waals surface area contributed by atoms with Gasteiger partial charge in [-0.25, -0.2) is 4.39 Å². The first-order valence-corrected chi connectivity index (χ1v) is 7.53. The summed E-state index contributed by atoms with van der Waals surface area (Å²) >= 11 is 0. The minimum Gasteiger partial charge on any atom is -0.496 e. The van der Waals surface area contributed by atoms with E-state index in [-0.39, 0.29) is 5.56 Å². The van der Waals surface area contributed by atoms with Crippen LogP contribution in [0.25, 0.3) is 0 Å². The first kappa shape index (κ1) is 16.2. The molecular formula is C16H25FN2O2. The van der Waals surface area contributed by atoms with Gasteiger partial charge in [-0.3, -0.25) is 0 Å². The third kappa shape index (κ3) is 4.40. The molecule has 1 saturated heterocycles. The lowest BCUT2D eigenvalue weighted by atomic mass is 10.0. The molecule has 0 aliphatic carbocycles. The summed E-state index contributed by atoms with van der Waals surface area (Å²) in [7, 11) is 3.62. The largest absolute Gasteiger partial charge is 0.496 e. The van der Waals surface area contributed by atoms with Crippen molar-refractivity contribution in [2.24, 2.45) is 0 Å². The zero-order chi connectivity index (χ0) is 15.2. The van der Waals surface area contributed by atoms with Crippen LogP contribution in [0.1, 0.15) is 24.5 Å². The van der Waals surface area contributed by atoms with Crippen LogP contribution in [0.3, 0.4) is 0 Å². The van der Waals surface area contributed by atoms with Gasteiger partial charge in [-0.15, -0.1) is 0 Å². The summed E-state index contributed by atoms with van der Waals surface area (Å²) in [5.74, 6) is 0.00977. The van der Waals surface area contributed by atoms with E-state index in [2.05, 4.69) is 16.8 Å². The fraction of sp³-hybridized carbons (Fsp3) is 0.625. The second kappa shape index (κ2) is 7.73. The number of hydrogen-bond donors (Lipinski definition) is 1. The molecule has 1 aliphatic heterocycles. The van der Waals surface area contributed by atoms with Gasteiger partial charge in [0.2, 0.25) is 0 Å². The fourth-order valence-electron chi connectivity index (χ4n) is 2.79. The number of methoxy groups -OCH3 is 1. The van der Waals surface area contributed by atoms with Crippen LogP contribution in [0.4, 0.5) is 4.39 Å². The summed E-state index contributed by atoms with van der Waals surface area (Å²) in [6.07, 6.45) is 0.818. The van der Waals surface area contributed by atoms with Gasteiger partial charge in [0.15, 0.2) is 0 Å². The molecule has 1 unspecified atom stereocenters. The van der Waals surface area contributed by atoms with Crippen LogP contribution in [0.5, 0.6) is 5.75 Å². The van der Waals surface area contributed by atoms with Crippen molar-refractivity contribution in [1.29, 1.82) is 0 Å². The summed E-state index contributed by atoms with van der Waals surface area (Å²) in [4.78, 5) is 4.65. The van der Waals surface area contributed by atoms with Gasteiger partial charge in [0.1, 0.15) is 11.6 Å². The quantitative estimate of drug-likeness (QED) is 0.900. The van der Waals surface area contributed by atoms with Crippen molar-refractivity contribution in [3.05, 3.63) is 29.6 Å². The van der Waals surface area contributed by atoms with E-state index < -0.39 is 11.9 Å². The van der Waals surface area contributed by atoms with Crippen LogP contribution >= 0.6 is 0 Å². The molecule has 0 saturated carbocycles. The van der Waals surface area contributed by atoms with E-state index >= 15 is 0 Å². The number of likely N-dealkylation sites (N-methyl/N-ethyl adjacent to an activating group) is 1. The summed E-state index contributed by atoms with van der Waals surface area (Å²) < 4.78 is 19.1. The number of hydrogen-bond acceptors (Lipinski definition) is 4. The van der Waals surface area contributed by atoms with Gasteiger partial charge in [-0.1, -0.05) is 6.07 Å². The maximum Gasteiger partial charge on any atom is 0.132 e. The van der Waals surface area contributed by atoms with Gasteiger partial charge >= 0.3 is 0 Å². The molecule has 1 N–H and O–H groups in total. The second-order valence-electron chi connectivity index (χ2n) is 5.66. The van der Waals surface area contributed by atoms with Gasteiger partial charge in [0, 0.05) is 19.6 Å². The van der Waals surface area contributed by atoms with E-state index in [1.165, 1.54) is 13.2 Å². The topological polar surface area (TPSA) is 35.9 Å². The Bertz CT molecular complexity index is 456. The average Bonchev–Trinajstić information content (AvgIpc) is 2.69. The predicted octanol–water partition coefficient (Wildman–Crippen LogP) is 1.90. The molecule has 0 spiro atoms. The van der Waals surface area contributed by atoms with E-state index in [4.69, 9.17) is 4.74 Å². The Morgan fingerprint density at radius 1 is 1.29 bits per heavy atom. The summed E-state index contributed by atoms with van der Waals surface area (Å²) in [5.41, 5.74) is 0.270. The molecule has 0 radical (unpaired) electrons. The molecule has 1 atom stereocenters. The predicted molar refractivity (Wildman–Crippen MR) is 81.1 cm³/mol. The number of benzene rings is 1. The van der Waals surface area contributed by atoms with Crippen LogP contribution in [-0.2, 0) is 0 Å². The van der Waals surface area contributed by atoms with Crippen LogP contribution in [0, 0.1) is 5.82 Å². The van der Waals surface area contributed by atoms with Gasteiger partial charge < -0.3 is 19.6 Å². The number of ether oxygens (including phenoxy) is 1. The lowest BCUT2D eigenvalue weighted by Gasteiger charge is -2.22. The van der Waals surface area contributed by atoms with Gasteiger partial charge in [0.25, 0.3) is 0 Å². The normalized spacial score (nSPS) is 19.2. The van der Waals surface area contributed by atoms with Gasteiger partial charge in [-0.2, -0.15) is 0 Å². The summed E-state index contributed by atoms with van der Waals surface area (Å²) in [6.45, 7) is 4.95. The first-order chi connectivity index (χ1) is 10.1. The highest BCUT2D eigenvalue weighted by Crippen LogP contribution is 2.29. The smallest absolute Gasteiger partial charge is 0.132 e. The van der Waals surface area contributed by atoms with Crippen LogP contribution in [0.15, 0.2) is 18.2 Å². The Labute approximate surface area is 126 Å². The maximum absolute atomic E-state index is 13.9. The molecule has 1 aromatic carbocycles. The highest BCUT2D eigenvalue weighted by atomic mass is 19.1. The zero-order valence-electron chi connectivity index (χ0n) is 12.9. The number of aliphatic hydroxyl groups excluding tert-OH is 1. The van der Waals surface area contributed by atoms with Gasteiger partial charge in [0.05, 0.1) is 18.8 Å². The Balaban J connectivity index is 1.94. The molecule has 21 heavy (non-hydrogen) atoms. The first-order valence-electron chi connectivity index (χ1n) is 7.53. The highest BCUT2D eigenvalue weighted by Gasteiger charge is 2.20. The number of nitrogens with zero attached hydrogens (tertiary/aromatic N) is 2. The van der Waals surface area contributed by atoms with E-state index in [0.717, 1.165) is 39.1 Å². The zero-order valence-corrected chi connectivity index (χ0v) is 12.9. The Morgan fingerprint density at radius 2 is 2.10 bits per heavy atom. The van der Waals surface area contributed by atoms with Crippen LogP contribution in [0.2, 0.25) is 0 Å². The molecule has 1 aromatic rings. The van der Waals surface area contributed by atoms with Gasteiger partial charge in [-0.05, 0) is 45.1 Å². The Kier molecular flexibility index (Phi) is 5.96. The second-order valence-corrected chi connectivity index (χ2v) is 5.66. The van der Waals surface area contributed by atoms with Crippen molar-refractivity contribution < 1.29 is 14.2 Å². The van der Waals surface area contributed by atoms with E-state index in [0.29, 0.717) is 12.2 Å². The Hall–Kier alpha value is -1.17. The lowest BCUT2D eigenvalue weighted by Crippen LogP contribution is -2.30. The Morgan fingerprint density at radius 3 is 2.86 bits per heavy atom. The van der Waals surface area contributed by atoms with E-state index in [9.17, 15) is 9.50 Å². The standard InChI is InChI=1S/C16H25FN2O2/c1-18-8-4-9-19(12-11-18)10-7-14(20)16-13(17)5-3-6-15(16)21-2/h3,5-6,14,20H,4,7-12H2,1-2H3. The van der Waals surface area contributed by atoms with Crippen molar-refractivity contribution in [1.82, 2.24) is 9.80 Å². The molecule has 1 heterocycles. The molecule has 1 aliphatic rings. The van der Waals surface area contributed by atoms with E-state index in [1.807, 2.05) is 0 Å². The average molecular weight is 296 g/mol. The SMILES string of the molecule is COc1cccc(F)c1C(O)CCN1CCCN(C)CC1. The molecule has 4 nitrogen and oxygen atoms in total. The minimum absolute atomic E-state index is 0.270. The van der Waals surface area contributed by atoms with Crippen molar-refractivity contribution in [2.45, 2.75) is 18.9 Å². The summed E-state index contributed by atoms with van der Waals surface area (Å²) in [5, 5.41) is 10.3. The van der Waals surface area contributed by atoms with Crippen molar-refractivity contribution in [3.8, 4) is 5.75 Å². The number of halogens is 1. The molecular weight excluding hydrogens is 271 g/mol. The third-order valence-corrected chi connectivity index (χ3v) is 4.10. The molecule has 5 heteroatoms. The van der Waals surface area contributed by atoms with Crippen LogP contribution in [-0.4, -0.2) is 61.8 Å². The molecule has 118 valence electrons. The third-order valence-electron chi connectivity index (χ3n) is 4.10. The fourth-order valence-corrected chi connectivity index (χ4v) is 2.79. The molecule has 0 aromatic heterocycles. The van der Waals surface area contributed by atoms with Crippen molar-refractivity contribution in [3.63, 3.8) is 0 Å².